The van der Waals surface area contributed by atoms with Gasteiger partial charge in [-0.05, 0) is 46.6 Å². The molecule has 1 N–H and O–H groups in total. The van der Waals surface area contributed by atoms with Gasteiger partial charge in [-0.3, -0.25) is 14.9 Å². The summed E-state index contributed by atoms with van der Waals surface area (Å²) in [4.78, 5) is 22.4. The Labute approximate surface area is 134 Å². The zero-order chi connectivity index (χ0) is 15.6. The van der Waals surface area contributed by atoms with E-state index in [1.165, 1.54) is 18.2 Å². The molecule has 0 spiro atoms. The summed E-state index contributed by atoms with van der Waals surface area (Å²) < 4.78 is 0.729. The van der Waals surface area contributed by atoms with Crippen LogP contribution >= 0.6 is 27.5 Å². The first kappa shape index (κ1) is 15.5. The van der Waals surface area contributed by atoms with Crippen molar-refractivity contribution in [1.29, 1.82) is 0 Å². The molecule has 2 rings (SSSR count). The van der Waals surface area contributed by atoms with Crippen molar-refractivity contribution in [2.45, 2.75) is 6.92 Å². The second-order valence-electron chi connectivity index (χ2n) is 4.39. The molecule has 5 nitrogen and oxygen atoms in total. The number of non-ortho nitro benzene ring substituents is 1. The van der Waals surface area contributed by atoms with Gasteiger partial charge in [0.05, 0.1) is 10.6 Å². The Morgan fingerprint density at radius 3 is 2.62 bits per heavy atom. The van der Waals surface area contributed by atoms with Crippen LogP contribution in [0.2, 0.25) is 5.02 Å². The molecule has 0 fully saturated rings. The summed E-state index contributed by atoms with van der Waals surface area (Å²) in [5.41, 5.74) is 1.52. The number of carbonyl (C=O) groups excluding carboxylic acids is 1. The van der Waals surface area contributed by atoms with Crippen LogP contribution in [0.1, 0.15) is 15.9 Å². The maximum atomic E-state index is 12.2. The van der Waals surface area contributed by atoms with Gasteiger partial charge in [-0.15, -0.1) is 0 Å². The van der Waals surface area contributed by atoms with Crippen LogP contribution in [-0.4, -0.2) is 10.8 Å². The number of anilines is 1. The van der Waals surface area contributed by atoms with Crippen LogP contribution in [0.3, 0.4) is 0 Å². The normalized spacial score (nSPS) is 10.2. The number of hydrogen-bond acceptors (Lipinski definition) is 3. The highest BCUT2D eigenvalue weighted by Gasteiger charge is 2.15. The second kappa shape index (κ2) is 6.24. The van der Waals surface area contributed by atoms with Gasteiger partial charge in [0.15, 0.2) is 0 Å². The van der Waals surface area contributed by atoms with E-state index in [0.29, 0.717) is 5.69 Å². The van der Waals surface area contributed by atoms with Crippen LogP contribution in [0.15, 0.2) is 40.9 Å². The number of rotatable bonds is 3. The van der Waals surface area contributed by atoms with Gasteiger partial charge in [0.1, 0.15) is 0 Å². The summed E-state index contributed by atoms with van der Waals surface area (Å²) in [5, 5.41) is 13.6. The average Bonchev–Trinajstić information content (AvgIpc) is 2.41. The Morgan fingerprint density at radius 2 is 2.00 bits per heavy atom. The molecule has 0 aliphatic rings. The van der Waals surface area contributed by atoms with Gasteiger partial charge >= 0.3 is 0 Å². The third-order valence-electron chi connectivity index (χ3n) is 2.73. The molecule has 2 aromatic carbocycles. The van der Waals surface area contributed by atoms with Gasteiger partial charge in [-0.2, -0.15) is 0 Å². The van der Waals surface area contributed by atoms with Crippen molar-refractivity contribution in [2.75, 3.05) is 5.32 Å². The SMILES string of the molecule is Cc1ccc(NC(=O)c2cc(Cl)cc([N+](=O)[O-])c2)c(Br)c1. The summed E-state index contributed by atoms with van der Waals surface area (Å²) in [7, 11) is 0. The lowest BCUT2D eigenvalue weighted by molar-refractivity contribution is -0.384. The Bertz CT molecular complexity index is 734. The second-order valence-corrected chi connectivity index (χ2v) is 5.68. The Kier molecular flexibility index (Phi) is 4.59. The maximum absolute atomic E-state index is 12.2. The average molecular weight is 370 g/mol. The minimum atomic E-state index is -0.593. The first-order valence-corrected chi connectivity index (χ1v) is 7.06. The quantitative estimate of drug-likeness (QED) is 0.636. The maximum Gasteiger partial charge on any atom is 0.271 e. The lowest BCUT2D eigenvalue weighted by Gasteiger charge is -2.08. The van der Waals surface area contributed by atoms with Crippen LogP contribution in [0.25, 0.3) is 0 Å². The molecule has 0 saturated heterocycles. The molecule has 0 aromatic heterocycles. The van der Waals surface area contributed by atoms with Crippen molar-refractivity contribution in [2.24, 2.45) is 0 Å². The summed E-state index contributed by atoms with van der Waals surface area (Å²) in [6.45, 7) is 1.93. The van der Waals surface area contributed by atoms with Gasteiger partial charge in [0.25, 0.3) is 11.6 Å². The number of nitrogens with one attached hydrogen (secondary N) is 1. The van der Waals surface area contributed by atoms with E-state index in [1.807, 2.05) is 19.1 Å². The molecule has 7 heteroatoms. The van der Waals surface area contributed by atoms with E-state index in [2.05, 4.69) is 21.2 Å². The first-order valence-electron chi connectivity index (χ1n) is 5.89. The fourth-order valence-electron chi connectivity index (χ4n) is 1.73. The largest absolute Gasteiger partial charge is 0.321 e. The molecule has 0 radical (unpaired) electrons. The highest BCUT2D eigenvalue weighted by atomic mass is 79.9. The molecular formula is C14H10BrClN2O3. The van der Waals surface area contributed by atoms with Gasteiger partial charge < -0.3 is 5.32 Å². The molecule has 0 atom stereocenters. The van der Waals surface area contributed by atoms with Crippen molar-refractivity contribution >= 4 is 44.8 Å². The van der Waals surface area contributed by atoms with E-state index < -0.39 is 10.8 Å². The van der Waals surface area contributed by atoms with Crippen molar-refractivity contribution < 1.29 is 9.72 Å². The van der Waals surface area contributed by atoms with Gasteiger partial charge in [0.2, 0.25) is 0 Å². The fourth-order valence-corrected chi connectivity index (χ4v) is 2.55. The molecule has 0 heterocycles. The third kappa shape index (κ3) is 3.80. The molecule has 0 aliphatic carbocycles. The van der Waals surface area contributed by atoms with E-state index in [1.54, 1.807) is 6.07 Å². The van der Waals surface area contributed by atoms with Gasteiger partial charge in [-0.1, -0.05) is 17.7 Å². The zero-order valence-electron chi connectivity index (χ0n) is 10.9. The summed E-state index contributed by atoms with van der Waals surface area (Å²) in [6, 6.07) is 9.21. The van der Waals surface area contributed by atoms with Crippen molar-refractivity contribution in [3.8, 4) is 0 Å². The summed E-state index contributed by atoms with van der Waals surface area (Å²) >= 11 is 9.15. The predicted molar refractivity (Wildman–Crippen MR) is 84.9 cm³/mol. The first-order chi connectivity index (χ1) is 9.86. The van der Waals surface area contributed by atoms with Crippen LogP contribution in [0.4, 0.5) is 11.4 Å². The lowest BCUT2D eigenvalue weighted by Crippen LogP contribution is -2.12. The van der Waals surface area contributed by atoms with Crippen LogP contribution in [0.5, 0.6) is 0 Å². The third-order valence-corrected chi connectivity index (χ3v) is 3.60. The Morgan fingerprint density at radius 1 is 1.29 bits per heavy atom. The van der Waals surface area contributed by atoms with E-state index in [9.17, 15) is 14.9 Å². The van der Waals surface area contributed by atoms with E-state index >= 15 is 0 Å². The van der Waals surface area contributed by atoms with Crippen molar-refractivity contribution in [1.82, 2.24) is 0 Å². The minimum absolute atomic E-state index is 0.127. The molecule has 108 valence electrons. The Balaban J connectivity index is 2.30. The van der Waals surface area contributed by atoms with Crippen molar-refractivity contribution in [3.63, 3.8) is 0 Å². The number of carbonyl (C=O) groups is 1. The van der Waals surface area contributed by atoms with E-state index in [4.69, 9.17) is 11.6 Å². The molecule has 2 aromatic rings. The number of nitro groups is 1. The smallest absolute Gasteiger partial charge is 0.271 e. The van der Waals surface area contributed by atoms with E-state index in [0.717, 1.165) is 10.0 Å². The molecule has 1 amide bonds. The molecule has 0 bridgehead atoms. The zero-order valence-corrected chi connectivity index (χ0v) is 13.2. The number of aryl methyl sites for hydroxylation is 1. The minimum Gasteiger partial charge on any atom is -0.321 e. The highest BCUT2D eigenvalue weighted by Crippen LogP contribution is 2.25. The van der Waals surface area contributed by atoms with Crippen molar-refractivity contribution in [3.05, 3.63) is 67.1 Å². The van der Waals surface area contributed by atoms with Crippen LogP contribution in [0, 0.1) is 17.0 Å². The number of amides is 1. The number of nitro benzene ring substituents is 1. The van der Waals surface area contributed by atoms with Gasteiger partial charge in [-0.25, -0.2) is 0 Å². The number of halogens is 2. The molecule has 21 heavy (non-hydrogen) atoms. The van der Waals surface area contributed by atoms with E-state index in [-0.39, 0.29) is 16.3 Å². The summed E-state index contributed by atoms with van der Waals surface area (Å²) in [5.74, 6) is -0.467. The number of benzene rings is 2. The lowest BCUT2D eigenvalue weighted by atomic mass is 10.1. The van der Waals surface area contributed by atoms with Crippen LogP contribution < -0.4 is 5.32 Å². The Hall–Kier alpha value is -1.92. The predicted octanol–water partition coefficient (Wildman–Crippen LogP) is 4.57. The van der Waals surface area contributed by atoms with Gasteiger partial charge in [0, 0.05) is 27.2 Å². The topological polar surface area (TPSA) is 72.2 Å². The highest BCUT2D eigenvalue weighted by molar-refractivity contribution is 9.10. The fraction of sp³-hybridized carbons (Fsp3) is 0.0714. The number of nitrogens with zero attached hydrogens (tertiary/aromatic N) is 1. The summed E-state index contributed by atoms with van der Waals surface area (Å²) in [6.07, 6.45) is 0. The number of hydrogen-bond donors (Lipinski definition) is 1. The van der Waals surface area contributed by atoms with Crippen LogP contribution in [-0.2, 0) is 0 Å². The molecule has 0 unspecified atom stereocenters. The molecule has 0 aliphatic heterocycles. The molecule has 0 saturated carbocycles. The monoisotopic (exact) mass is 368 g/mol. The molecular weight excluding hydrogens is 360 g/mol. The standard InChI is InChI=1S/C14H10BrClN2O3/c1-8-2-3-13(12(15)4-8)17-14(19)9-5-10(16)7-11(6-9)18(20)21/h2-7H,1H3,(H,17,19).